The average Bonchev–Trinajstić information content (AvgIpc) is 3.01. The summed E-state index contributed by atoms with van der Waals surface area (Å²) >= 11 is 1.61. The van der Waals surface area contributed by atoms with Gasteiger partial charge in [0.25, 0.3) is 5.56 Å². The Kier molecular flexibility index (Phi) is 4.59. The number of fused-ring (bicyclic) bond motifs is 3. The van der Waals surface area contributed by atoms with Crippen LogP contribution in [0.5, 0.6) is 0 Å². The molecule has 2 aromatic heterocycles. The molecule has 0 unspecified atom stereocenters. The fraction of sp³-hybridized carbons (Fsp3) is 0.350. The van der Waals surface area contributed by atoms with E-state index in [4.69, 9.17) is 4.74 Å². The number of thiophene rings is 1. The fourth-order valence-corrected chi connectivity index (χ4v) is 4.74. The lowest BCUT2D eigenvalue weighted by atomic mass is 9.89. The number of nitrogens with zero attached hydrogens (tertiary/aromatic N) is 2. The van der Waals surface area contributed by atoms with Gasteiger partial charge in [-0.25, -0.2) is 4.98 Å². The molecule has 0 amide bonds. The van der Waals surface area contributed by atoms with Crippen LogP contribution in [0, 0.1) is 5.92 Å². The second kappa shape index (κ2) is 7.03. The molecule has 1 aromatic carbocycles. The number of rotatable bonds is 4. The van der Waals surface area contributed by atoms with E-state index in [0.29, 0.717) is 11.3 Å². The van der Waals surface area contributed by atoms with Gasteiger partial charge in [-0.15, -0.1) is 11.3 Å². The Hall–Kier alpha value is -2.47. The van der Waals surface area contributed by atoms with Gasteiger partial charge >= 0.3 is 5.97 Å². The largest absolute Gasteiger partial charge is 0.459 e. The fourth-order valence-electron chi connectivity index (χ4n) is 3.40. The zero-order valence-corrected chi connectivity index (χ0v) is 15.4. The molecule has 0 saturated carbocycles. The second-order valence-corrected chi connectivity index (χ2v) is 7.94. The highest BCUT2D eigenvalue weighted by atomic mass is 32.1. The van der Waals surface area contributed by atoms with Crippen LogP contribution in [0.3, 0.4) is 0 Å². The van der Waals surface area contributed by atoms with Crippen molar-refractivity contribution in [3.05, 3.63) is 63.0 Å². The third-order valence-corrected chi connectivity index (χ3v) is 5.99. The highest BCUT2D eigenvalue weighted by molar-refractivity contribution is 7.18. The topological polar surface area (TPSA) is 61.2 Å². The van der Waals surface area contributed by atoms with Crippen LogP contribution in [0.4, 0.5) is 0 Å². The number of benzene rings is 1. The van der Waals surface area contributed by atoms with Gasteiger partial charge in [-0.2, -0.15) is 0 Å². The molecule has 0 saturated heterocycles. The van der Waals surface area contributed by atoms with E-state index < -0.39 is 5.97 Å². The van der Waals surface area contributed by atoms with Crippen molar-refractivity contribution < 1.29 is 9.53 Å². The molecule has 0 N–H and O–H groups in total. The number of ether oxygens (including phenoxy) is 1. The van der Waals surface area contributed by atoms with Gasteiger partial charge in [0.2, 0.25) is 0 Å². The summed E-state index contributed by atoms with van der Waals surface area (Å²) in [5.74, 6) is 0.209. The van der Waals surface area contributed by atoms with Crippen molar-refractivity contribution in [3.63, 3.8) is 0 Å². The average molecular weight is 368 g/mol. The maximum atomic E-state index is 12.9. The standard InChI is InChI=1S/C20H20N2O3S/c1-13-7-8-15-16(9-13)26-19-18(15)20(24)22(12-21-19)10-17(23)25-11-14-5-3-2-4-6-14/h2-6,12-13H,7-11H2,1H3/t13-/m0/s1. The first-order valence-electron chi connectivity index (χ1n) is 8.81. The first-order valence-corrected chi connectivity index (χ1v) is 9.62. The summed E-state index contributed by atoms with van der Waals surface area (Å²) in [5, 5.41) is 0.690. The van der Waals surface area contributed by atoms with Gasteiger partial charge in [0.15, 0.2) is 0 Å². The molecule has 1 aliphatic rings. The van der Waals surface area contributed by atoms with Gasteiger partial charge in [-0.05, 0) is 36.3 Å². The summed E-state index contributed by atoms with van der Waals surface area (Å²) in [6.07, 6.45) is 4.47. The molecule has 1 aliphatic carbocycles. The number of esters is 1. The van der Waals surface area contributed by atoms with E-state index in [0.717, 1.165) is 35.2 Å². The smallest absolute Gasteiger partial charge is 0.326 e. The van der Waals surface area contributed by atoms with E-state index in [2.05, 4.69) is 11.9 Å². The van der Waals surface area contributed by atoms with Crippen molar-refractivity contribution in [1.29, 1.82) is 0 Å². The maximum Gasteiger partial charge on any atom is 0.326 e. The summed E-state index contributed by atoms with van der Waals surface area (Å²) in [4.78, 5) is 31.5. The van der Waals surface area contributed by atoms with E-state index in [9.17, 15) is 9.59 Å². The minimum atomic E-state index is -0.435. The van der Waals surface area contributed by atoms with E-state index >= 15 is 0 Å². The van der Waals surface area contributed by atoms with E-state index in [-0.39, 0.29) is 18.7 Å². The van der Waals surface area contributed by atoms with Crippen molar-refractivity contribution in [2.45, 2.75) is 39.3 Å². The minimum Gasteiger partial charge on any atom is -0.459 e. The van der Waals surface area contributed by atoms with Crippen LogP contribution in [0.1, 0.15) is 29.3 Å². The van der Waals surface area contributed by atoms with Crippen molar-refractivity contribution in [1.82, 2.24) is 9.55 Å². The first kappa shape index (κ1) is 17.0. The van der Waals surface area contributed by atoms with E-state index in [1.165, 1.54) is 15.8 Å². The number of hydrogen-bond donors (Lipinski definition) is 0. The molecule has 26 heavy (non-hydrogen) atoms. The van der Waals surface area contributed by atoms with Crippen molar-refractivity contribution >= 4 is 27.5 Å². The van der Waals surface area contributed by atoms with Crippen LogP contribution in [-0.2, 0) is 35.5 Å². The zero-order chi connectivity index (χ0) is 18.1. The predicted octanol–water partition coefficient (Wildman–Crippen LogP) is 3.33. The summed E-state index contributed by atoms with van der Waals surface area (Å²) in [6, 6.07) is 9.49. The number of carbonyl (C=O) groups excluding carboxylic acids is 1. The number of hydrogen-bond acceptors (Lipinski definition) is 5. The molecule has 4 rings (SSSR count). The van der Waals surface area contributed by atoms with Gasteiger partial charge in [0.05, 0.1) is 11.7 Å². The first-order chi connectivity index (χ1) is 12.6. The highest BCUT2D eigenvalue weighted by Crippen LogP contribution is 2.35. The van der Waals surface area contributed by atoms with E-state index in [1.807, 2.05) is 30.3 Å². The van der Waals surface area contributed by atoms with Gasteiger partial charge in [-0.3, -0.25) is 14.2 Å². The molecule has 6 heteroatoms. The minimum absolute atomic E-state index is 0.115. The lowest BCUT2D eigenvalue weighted by Gasteiger charge is -2.17. The molecular weight excluding hydrogens is 348 g/mol. The third-order valence-electron chi connectivity index (χ3n) is 4.82. The zero-order valence-electron chi connectivity index (χ0n) is 14.6. The molecule has 134 valence electrons. The van der Waals surface area contributed by atoms with Crippen molar-refractivity contribution in [2.24, 2.45) is 5.92 Å². The van der Waals surface area contributed by atoms with Gasteiger partial charge in [0, 0.05) is 4.88 Å². The SMILES string of the molecule is C[C@H]1CCc2c(sc3ncn(CC(=O)OCc4ccccc4)c(=O)c23)C1. The molecule has 0 bridgehead atoms. The molecule has 1 atom stereocenters. The van der Waals surface area contributed by atoms with Crippen molar-refractivity contribution in [2.75, 3.05) is 0 Å². The Bertz CT molecular complexity index is 1010. The molecule has 2 heterocycles. The third kappa shape index (κ3) is 3.29. The van der Waals surface area contributed by atoms with Crippen LogP contribution in [0.2, 0.25) is 0 Å². The van der Waals surface area contributed by atoms with Crippen LogP contribution >= 0.6 is 11.3 Å². The van der Waals surface area contributed by atoms with Crippen LogP contribution in [0.25, 0.3) is 10.2 Å². The normalized spacial score (nSPS) is 16.4. The maximum absolute atomic E-state index is 12.9. The van der Waals surface area contributed by atoms with Crippen LogP contribution in [-0.4, -0.2) is 15.5 Å². The molecule has 0 fully saturated rings. The molecule has 0 radical (unpaired) electrons. The quantitative estimate of drug-likeness (QED) is 0.663. The Morgan fingerprint density at radius 2 is 2.15 bits per heavy atom. The van der Waals surface area contributed by atoms with Gasteiger partial charge in [0.1, 0.15) is 18.0 Å². The molecule has 0 aliphatic heterocycles. The van der Waals surface area contributed by atoms with E-state index in [1.54, 1.807) is 11.3 Å². The summed E-state index contributed by atoms with van der Waals surface area (Å²) in [6.45, 7) is 2.33. The monoisotopic (exact) mass is 368 g/mol. The number of carbonyl (C=O) groups is 1. The Morgan fingerprint density at radius 1 is 1.35 bits per heavy atom. The molecular formula is C20H20N2O3S. The van der Waals surface area contributed by atoms with Crippen molar-refractivity contribution in [3.8, 4) is 0 Å². The highest BCUT2D eigenvalue weighted by Gasteiger charge is 2.23. The molecule has 5 nitrogen and oxygen atoms in total. The Balaban J connectivity index is 1.54. The number of aromatic nitrogens is 2. The summed E-state index contributed by atoms with van der Waals surface area (Å²) in [7, 11) is 0. The predicted molar refractivity (Wildman–Crippen MR) is 101 cm³/mol. The summed E-state index contributed by atoms with van der Waals surface area (Å²) in [5.41, 5.74) is 1.91. The molecule has 3 aromatic rings. The Labute approximate surface area is 155 Å². The number of aryl methyl sites for hydroxylation is 1. The van der Waals surface area contributed by atoms with Crippen LogP contribution < -0.4 is 5.56 Å². The lowest BCUT2D eigenvalue weighted by Crippen LogP contribution is -2.26. The Morgan fingerprint density at radius 3 is 2.96 bits per heavy atom. The van der Waals surface area contributed by atoms with Crippen LogP contribution in [0.15, 0.2) is 41.5 Å². The summed E-state index contributed by atoms with van der Waals surface area (Å²) < 4.78 is 6.65. The second-order valence-electron chi connectivity index (χ2n) is 6.86. The molecule has 0 spiro atoms. The van der Waals surface area contributed by atoms with Gasteiger partial charge < -0.3 is 4.74 Å². The van der Waals surface area contributed by atoms with Gasteiger partial charge in [-0.1, -0.05) is 37.3 Å². The lowest BCUT2D eigenvalue weighted by molar-refractivity contribution is -0.145.